The van der Waals surface area contributed by atoms with Crippen LogP contribution in [0.2, 0.25) is 0 Å². The minimum atomic E-state index is -0.271. The first kappa shape index (κ1) is 11.6. The van der Waals surface area contributed by atoms with Gasteiger partial charge in [-0.2, -0.15) is 0 Å². The summed E-state index contributed by atoms with van der Waals surface area (Å²) < 4.78 is 5.14. The van der Waals surface area contributed by atoms with Crippen molar-refractivity contribution in [3.8, 4) is 0 Å². The van der Waals surface area contributed by atoms with Crippen molar-refractivity contribution in [1.29, 1.82) is 0 Å². The molecule has 0 bridgehead atoms. The van der Waals surface area contributed by atoms with Crippen molar-refractivity contribution in [2.45, 2.75) is 33.3 Å². The van der Waals surface area contributed by atoms with Gasteiger partial charge in [-0.25, -0.2) is 0 Å². The third kappa shape index (κ3) is 2.72. The summed E-state index contributed by atoms with van der Waals surface area (Å²) in [5, 5.41) is 0. The zero-order valence-corrected chi connectivity index (χ0v) is 9.41. The fraction of sp³-hybridized carbons (Fsp3) is 0.417. The number of ether oxygens (including phenoxy) is 1. The van der Waals surface area contributed by atoms with Crippen LogP contribution in [0.15, 0.2) is 18.2 Å². The molecule has 0 aliphatic carbocycles. The Morgan fingerprint density at radius 1 is 1.53 bits per heavy atom. The molecule has 3 nitrogen and oxygen atoms in total. The number of carbonyl (C=O) groups excluding carboxylic acids is 1. The van der Waals surface area contributed by atoms with Crippen LogP contribution in [0.1, 0.15) is 38.0 Å². The topological polar surface area (TPSA) is 52.3 Å². The average molecular weight is 207 g/mol. The lowest BCUT2D eigenvalue weighted by atomic mass is 9.99. The highest BCUT2D eigenvalue weighted by atomic mass is 16.5. The Morgan fingerprint density at radius 3 is 2.73 bits per heavy atom. The average Bonchev–Trinajstić information content (AvgIpc) is 2.16. The number of nitrogens with two attached hydrogens (primary N) is 1. The highest BCUT2D eigenvalue weighted by Crippen LogP contribution is 2.25. The van der Waals surface area contributed by atoms with Gasteiger partial charge in [-0.1, -0.05) is 19.1 Å². The third-order valence-corrected chi connectivity index (χ3v) is 2.38. The molecule has 1 atom stereocenters. The van der Waals surface area contributed by atoms with E-state index >= 15 is 0 Å². The first-order chi connectivity index (χ1) is 7.06. The predicted octanol–water partition coefficient (Wildman–Crippen LogP) is 2.46. The van der Waals surface area contributed by atoms with Crippen LogP contribution in [0.3, 0.4) is 0 Å². The fourth-order valence-electron chi connectivity index (χ4n) is 1.72. The number of hydrogen-bond donors (Lipinski definition) is 1. The van der Waals surface area contributed by atoms with Crippen LogP contribution in [0.25, 0.3) is 0 Å². The molecule has 1 aromatic carbocycles. The summed E-state index contributed by atoms with van der Waals surface area (Å²) in [7, 11) is 0. The number of carbonyl (C=O) groups is 1. The number of rotatable bonds is 3. The molecule has 0 fully saturated rings. The molecule has 3 heteroatoms. The number of esters is 1. The van der Waals surface area contributed by atoms with E-state index in [9.17, 15) is 4.79 Å². The molecule has 0 saturated heterocycles. The van der Waals surface area contributed by atoms with E-state index < -0.39 is 0 Å². The van der Waals surface area contributed by atoms with Gasteiger partial charge in [0.25, 0.3) is 0 Å². The first-order valence-corrected chi connectivity index (χ1v) is 5.10. The molecule has 0 aliphatic rings. The zero-order chi connectivity index (χ0) is 11.4. The van der Waals surface area contributed by atoms with Crippen LogP contribution in [0, 0.1) is 0 Å². The van der Waals surface area contributed by atoms with Gasteiger partial charge in [0, 0.05) is 12.6 Å². The van der Waals surface area contributed by atoms with Crippen molar-refractivity contribution in [3.05, 3.63) is 29.3 Å². The molecular formula is C12H17NO2. The molecule has 1 rings (SSSR count). The van der Waals surface area contributed by atoms with E-state index in [0.29, 0.717) is 0 Å². The second-order valence-corrected chi connectivity index (χ2v) is 3.52. The summed E-state index contributed by atoms with van der Waals surface area (Å²) in [5.74, 6) is -0.271. The second kappa shape index (κ2) is 4.82. The van der Waals surface area contributed by atoms with Gasteiger partial charge in [-0.3, -0.25) is 4.79 Å². The Balaban J connectivity index is 3.02. The first-order valence-electron chi connectivity index (χ1n) is 5.10. The highest BCUT2D eigenvalue weighted by Gasteiger charge is 2.13. The van der Waals surface area contributed by atoms with Gasteiger partial charge in [-0.05, 0) is 30.5 Å². The van der Waals surface area contributed by atoms with Gasteiger partial charge < -0.3 is 10.5 Å². The van der Waals surface area contributed by atoms with Crippen LogP contribution < -0.4 is 5.73 Å². The van der Waals surface area contributed by atoms with E-state index in [1.807, 2.05) is 32.0 Å². The van der Waals surface area contributed by atoms with Crippen LogP contribution in [-0.4, -0.2) is 5.97 Å². The minimum absolute atomic E-state index is 0.235. The van der Waals surface area contributed by atoms with E-state index in [-0.39, 0.29) is 12.1 Å². The summed E-state index contributed by atoms with van der Waals surface area (Å²) in [5.41, 5.74) is 8.67. The van der Waals surface area contributed by atoms with Crippen LogP contribution >= 0.6 is 0 Å². The maximum atomic E-state index is 10.9. The third-order valence-electron chi connectivity index (χ3n) is 2.38. The quantitative estimate of drug-likeness (QED) is 0.612. The van der Waals surface area contributed by atoms with Crippen LogP contribution in [0.4, 0.5) is 5.69 Å². The van der Waals surface area contributed by atoms with Crippen molar-refractivity contribution >= 4 is 11.7 Å². The molecule has 1 aromatic rings. The number of benzene rings is 1. The lowest BCUT2D eigenvalue weighted by molar-refractivity contribution is -0.145. The van der Waals surface area contributed by atoms with E-state index in [1.165, 1.54) is 6.92 Å². The highest BCUT2D eigenvalue weighted by molar-refractivity contribution is 5.66. The second-order valence-electron chi connectivity index (χ2n) is 3.52. The number of nitrogen functional groups attached to an aromatic ring is 1. The van der Waals surface area contributed by atoms with Gasteiger partial charge in [0.1, 0.15) is 6.10 Å². The summed E-state index contributed by atoms with van der Waals surface area (Å²) in [6.07, 6.45) is 0.606. The summed E-state index contributed by atoms with van der Waals surface area (Å²) >= 11 is 0. The van der Waals surface area contributed by atoms with Crippen molar-refractivity contribution in [2.24, 2.45) is 0 Å². The normalized spacial score (nSPS) is 12.2. The van der Waals surface area contributed by atoms with Crippen molar-refractivity contribution < 1.29 is 9.53 Å². The van der Waals surface area contributed by atoms with Gasteiger partial charge in [0.2, 0.25) is 0 Å². The molecule has 0 saturated carbocycles. The summed E-state index contributed by atoms with van der Waals surface area (Å²) in [6.45, 7) is 5.30. The molecule has 1 unspecified atom stereocenters. The monoisotopic (exact) mass is 207 g/mol. The van der Waals surface area contributed by atoms with E-state index in [0.717, 1.165) is 23.2 Å². The Morgan fingerprint density at radius 2 is 2.20 bits per heavy atom. The summed E-state index contributed by atoms with van der Waals surface area (Å²) in [4.78, 5) is 10.9. The lowest BCUT2D eigenvalue weighted by Crippen LogP contribution is -2.08. The van der Waals surface area contributed by atoms with E-state index in [1.54, 1.807) is 0 Å². The standard InChI is InChI=1S/C12H17NO2/c1-4-10-11(6-5-7-12(10)13)8(2)15-9(3)14/h5-8H,4,13H2,1-3H3. The predicted molar refractivity (Wildman–Crippen MR) is 60.4 cm³/mol. The zero-order valence-electron chi connectivity index (χ0n) is 9.41. The maximum Gasteiger partial charge on any atom is 0.303 e. The molecular weight excluding hydrogens is 190 g/mol. The van der Waals surface area contributed by atoms with E-state index in [4.69, 9.17) is 10.5 Å². The maximum absolute atomic E-state index is 10.9. The van der Waals surface area contributed by atoms with Crippen LogP contribution in [0.5, 0.6) is 0 Å². The van der Waals surface area contributed by atoms with Gasteiger partial charge in [0.05, 0.1) is 0 Å². The molecule has 0 amide bonds. The van der Waals surface area contributed by atoms with Gasteiger partial charge >= 0.3 is 5.97 Å². The Hall–Kier alpha value is -1.51. The largest absolute Gasteiger partial charge is 0.458 e. The SMILES string of the molecule is CCc1c(N)cccc1C(C)OC(C)=O. The van der Waals surface area contributed by atoms with Crippen molar-refractivity contribution in [3.63, 3.8) is 0 Å². The number of anilines is 1. The van der Waals surface area contributed by atoms with Crippen molar-refractivity contribution in [2.75, 3.05) is 5.73 Å². The number of hydrogen-bond acceptors (Lipinski definition) is 3. The molecule has 0 heterocycles. The van der Waals surface area contributed by atoms with E-state index in [2.05, 4.69) is 0 Å². The minimum Gasteiger partial charge on any atom is -0.458 e. The molecule has 0 aromatic heterocycles. The fourth-order valence-corrected chi connectivity index (χ4v) is 1.72. The van der Waals surface area contributed by atoms with Gasteiger partial charge in [0.15, 0.2) is 0 Å². The Bertz CT molecular complexity index is 361. The smallest absolute Gasteiger partial charge is 0.303 e. The molecule has 2 N–H and O–H groups in total. The Labute approximate surface area is 90.2 Å². The van der Waals surface area contributed by atoms with Crippen LogP contribution in [-0.2, 0) is 16.0 Å². The molecule has 0 spiro atoms. The lowest BCUT2D eigenvalue weighted by Gasteiger charge is -2.17. The Kier molecular flexibility index (Phi) is 3.72. The molecule has 0 aliphatic heterocycles. The molecule has 82 valence electrons. The molecule has 0 radical (unpaired) electrons. The van der Waals surface area contributed by atoms with Crippen molar-refractivity contribution in [1.82, 2.24) is 0 Å². The van der Waals surface area contributed by atoms with Gasteiger partial charge in [-0.15, -0.1) is 0 Å². The summed E-state index contributed by atoms with van der Waals surface area (Å²) in [6, 6.07) is 5.69. The molecule has 15 heavy (non-hydrogen) atoms.